The van der Waals surface area contributed by atoms with Crippen LogP contribution in [0.5, 0.6) is 0 Å². The van der Waals surface area contributed by atoms with Gasteiger partial charge in [0.05, 0.1) is 0 Å². The Morgan fingerprint density at radius 2 is 1.67 bits per heavy atom. The number of hydrogen-bond donors (Lipinski definition) is 2. The van der Waals surface area contributed by atoms with Crippen molar-refractivity contribution in [3.05, 3.63) is 29.8 Å². The first-order chi connectivity index (χ1) is 11.9. The minimum atomic E-state index is 0.657. The Balaban J connectivity index is 1.29. The molecule has 2 aromatic rings. The molecule has 4 rings (SSSR count). The fourth-order valence-electron chi connectivity index (χ4n) is 4.20. The summed E-state index contributed by atoms with van der Waals surface area (Å²) in [7, 11) is 0. The summed E-state index contributed by atoms with van der Waals surface area (Å²) in [6.45, 7) is 5.96. The number of nitrogens with one attached hydrogen (secondary N) is 2. The first-order valence-electron chi connectivity index (χ1n) is 9.14. The average Bonchev–Trinajstić information content (AvgIpc) is 3.18. The first kappa shape index (κ1) is 15.7. The van der Waals surface area contributed by atoms with E-state index in [9.17, 15) is 0 Å². The normalized spacial score (nSPS) is 21.2. The molecule has 1 aromatic carbocycles. The van der Waals surface area contributed by atoms with E-state index < -0.39 is 0 Å². The van der Waals surface area contributed by atoms with Gasteiger partial charge in [-0.05, 0) is 74.5 Å². The van der Waals surface area contributed by atoms with E-state index in [1.165, 1.54) is 57.4 Å². The summed E-state index contributed by atoms with van der Waals surface area (Å²) in [5, 5.41) is 17.6. The maximum atomic E-state index is 4.02. The maximum Gasteiger partial charge on any atom is 0.204 e. The fraction of sp³-hybridized carbons (Fsp3) is 0.611. The van der Waals surface area contributed by atoms with Gasteiger partial charge in [-0.2, -0.15) is 5.21 Å². The SMILES string of the molecule is c1cc(-c2nn[nH]n2)ccc1CN1CCC(C2CCNCC2)CC1. The molecule has 0 spiro atoms. The minimum Gasteiger partial charge on any atom is -0.317 e. The molecule has 0 aliphatic carbocycles. The summed E-state index contributed by atoms with van der Waals surface area (Å²) in [5.74, 6) is 2.57. The smallest absolute Gasteiger partial charge is 0.204 e. The molecule has 6 nitrogen and oxygen atoms in total. The van der Waals surface area contributed by atoms with Crippen LogP contribution in [-0.4, -0.2) is 51.7 Å². The molecule has 2 fully saturated rings. The van der Waals surface area contributed by atoms with Gasteiger partial charge in [0.25, 0.3) is 0 Å². The van der Waals surface area contributed by atoms with Crippen molar-refractivity contribution in [3.63, 3.8) is 0 Å². The first-order valence-corrected chi connectivity index (χ1v) is 9.14. The van der Waals surface area contributed by atoms with E-state index in [2.05, 4.69) is 55.1 Å². The Labute approximate surface area is 143 Å². The van der Waals surface area contributed by atoms with E-state index in [-0.39, 0.29) is 0 Å². The average molecular weight is 326 g/mol. The Bertz CT molecular complexity index is 609. The lowest BCUT2D eigenvalue weighted by Gasteiger charge is -2.37. The van der Waals surface area contributed by atoms with Gasteiger partial charge in [0.15, 0.2) is 0 Å². The molecule has 2 aliphatic rings. The number of H-pyrrole nitrogens is 1. The molecular weight excluding hydrogens is 300 g/mol. The maximum absolute atomic E-state index is 4.02. The zero-order valence-corrected chi connectivity index (χ0v) is 14.1. The highest BCUT2D eigenvalue weighted by atomic mass is 15.5. The van der Waals surface area contributed by atoms with Crippen LogP contribution in [0.15, 0.2) is 24.3 Å². The highest BCUT2D eigenvalue weighted by molar-refractivity contribution is 5.54. The largest absolute Gasteiger partial charge is 0.317 e. The van der Waals surface area contributed by atoms with Gasteiger partial charge in [-0.15, -0.1) is 10.2 Å². The van der Waals surface area contributed by atoms with Gasteiger partial charge in [0.1, 0.15) is 0 Å². The number of tetrazole rings is 1. The van der Waals surface area contributed by atoms with Gasteiger partial charge >= 0.3 is 0 Å². The van der Waals surface area contributed by atoms with Crippen molar-refractivity contribution in [1.82, 2.24) is 30.8 Å². The molecule has 0 amide bonds. The molecule has 2 N–H and O–H groups in total. The molecule has 2 saturated heterocycles. The van der Waals surface area contributed by atoms with Crippen LogP contribution in [-0.2, 0) is 6.54 Å². The quantitative estimate of drug-likeness (QED) is 0.900. The van der Waals surface area contributed by atoms with E-state index >= 15 is 0 Å². The standard InChI is InChI=1S/C18H26N6/c1-3-17(18-20-22-23-21-18)4-2-14(1)13-24-11-7-16(8-12-24)15-5-9-19-10-6-15/h1-4,15-16,19H,5-13H2,(H,20,21,22,23). The van der Waals surface area contributed by atoms with E-state index in [1.807, 2.05) is 0 Å². The van der Waals surface area contributed by atoms with Gasteiger partial charge in [-0.1, -0.05) is 24.3 Å². The lowest BCUT2D eigenvalue weighted by atomic mass is 9.79. The van der Waals surface area contributed by atoms with Crippen molar-refractivity contribution in [2.45, 2.75) is 32.2 Å². The molecule has 2 aliphatic heterocycles. The molecule has 0 atom stereocenters. The summed E-state index contributed by atoms with van der Waals surface area (Å²) in [5.41, 5.74) is 2.37. The zero-order chi connectivity index (χ0) is 16.2. The number of aromatic amines is 1. The lowest BCUT2D eigenvalue weighted by Crippen LogP contribution is -2.39. The van der Waals surface area contributed by atoms with E-state index in [1.54, 1.807) is 0 Å². The second kappa shape index (κ2) is 7.40. The summed E-state index contributed by atoms with van der Waals surface area (Å²) >= 11 is 0. The van der Waals surface area contributed by atoms with Crippen LogP contribution in [0.4, 0.5) is 0 Å². The van der Waals surface area contributed by atoms with Crippen molar-refractivity contribution >= 4 is 0 Å². The third kappa shape index (κ3) is 3.65. The highest BCUT2D eigenvalue weighted by Crippen LogP contribution is 2.31. The Hall–Kier alpha value is -1.79. The number of piperidine rings is 2. The van der Waals surface area contributed by atoms with Crippen molar-refractivity contribution in [3.8, 4) is 11.4 Å². The molecule has 0 saturated carbocycles. The number of likely N-dealkylation sites (tertiary alicyclic amines) is 1. The molecule has 24 heavy (non-hydrogen) atoms. The molecule has 6 heteroatoms. The van der Waals surface area contributed by atoms with Crippen molar-refractivity contribution < 1.29 is 0 Å². The van der Waals surface area contributed by atoms with E-state index in [4.69, 9.17) is 0 Å². The van der Waals surface area contributed by atoms with Crippen LogP contribution in [0, 0.1) is 11.8 Å². The lowest BCUT2D eigenvalue weighted by molar-refractivity contribution is 0.126. The van der Waals surface area contributed by atoms with Crippen LogP contribution < -0.4 is 5.32 Å². The van der Waals surface area contributed by atoms with Crippen LogP contribution in [0.1, 0.15) is 31.2 Å². The number of nitrogens with zero attached hydrogens (tertiary/aromatic N) is 4. The number of aromatic nitrogens is 4. The second-order valence-corrected chi connectivity index (χ2v) is 7.13. The Kier molecular flexibility index (Phi) is 4.85. The van der Waals surface area contributed by atoms with Crippen LogP contribution in [0.2, 0.25) is 0 Å². The Morgan fingerprint density at radius 1 is 0.958 bits per heavy atom. The summed E-state index contributed by atoms with van der Waals surface area (Å²) in [6, 6.07) is 8.54. The van der Waals surface area contributed by atoms with Crippen molar-refractivity contribution in [2.75, 3.05) is 26.2 Å². The van der Waals surface area contributed by atoms with Crippen molar-refractivity contribution in [1.29, 1.82) is 0 Å². The van der Waals surface area contributed by atoms with Crippen molar-refractivity contribution in [2.24, 2.45) is 11.8 Å². The molecular formula is C18H26N6. The molecule has 128 valence electrons. The van der Waals surface area contributed by atoms with Gasteiger partial charge in [0.2, 0.25) is 5.82 Å². The summed E-state index contributed by atoms with van der Waals surface area (Å²) < 4.78 is 0. The van der Waals surface area contributed by atoms with Crippen LogP contribution in [0.3, 0.4) is 0 Å². The molecule has 1 aromatic heterocycles. The van der Waals surface area contributed by atoms with Crippen LogP contribution >= 0.6 is 0 Å². The van der Waals surface area contributed by atoms with Gasteiger partial charge < -0.3 is 5.32 Å². The topological polar surface area (TPSA) is 69.7 Å². The molecule has 3 heterocycles. The molecule has 0 unspecified atom stereocenters. The van der Waals surface area contributed by atoms with Gasteiger partial charge in [-0.3, -0.25) is 4.90 Å². The predicted octanol–water partition coefficient (Wildman–Crippen LogP) is 2.08. The third-order valence-electron chi connectivity index (χ3n) is 5.65. The molecule has 0 radical (unpaired) electrons. The molecule has 0 bridgehead atoms. The number of benzene rings is 1. The second-order valence-electron chi connectivity index (χ2n) is 7.13. The zero-order valence-electron chi connectivity index (χ0n) is 14.1. The third-order valence-corrected chi connectivity index (χ3v) is 5.65. The van der Waals surface area contributed by atoms with Gasteiger partial charge in [-0.25, -0.2) is 0 Å². The summed E-state index contributed by atoms with van der Waals surface area (Å²) in [6.07, 6.45) is 5.49. The number of rotatable bonds is 4. The van der Waals surface area contributed by atoms with E-state index in [0.29, 0.717) is 5.82 Å². The monoisotopic (exact) mass is 326 g/mol. The van der Waals surface area contributed by atoms with Gasteiger partial charge in [0, 0.05) is 12.1 Å². The minimum absolute atomic E-state index is 0.657. The Morgan fingerprint density at radius 3 is 2.33 bits per heavy atom. The van der Waals surface area contributed by atoms with Crippen LogP contribution in [0.25, 0.3) is 11.4 Å². The fourth-order valence-corrected chi connectivity index (χ4v) is 4.20. The van der Waals surface area contributed by atoms with E-state index in [0.717, 1.165) is 23.9 Å². The highest BCUT2D eigenvalue weighted by Gasteiger charge is 2.27. The summed E-state index contributed by atoms with van der Waals surface area (Å²) in [4.78, 5) is 2.60. The number of hydrogen-bond acceptors (Lipinski definition) is 5. The predicted molar refractivity (Wildman–Crippen MR) is 93.2 cm³/mol.